The molecule has 0 radical (unpaired) electrons. The van der Waals surface area contributed by atoms with Gasteiger partial charge in [-0.05, 0) is 25.8 Å². The van der Waals surface area contributed by atoms with E-state index in [0.717, 1.165) is 12.8 Å². The zero-order valence-electron chi connectivity index (χ0n) is 11.1. The van der Waals surface area contributed by atoms with Crippen molar-refractivity contribution in [3.8, 4) is 0 Å². The lowest BCUT2D eigenvalue weighted by Gasteiger charge is -2.35. The van der Waals surface area contributed by atoms with E-state index in [2.05, 4.69) is 15.9 Å². The fraction of sp³-hybridized carbons (Fsp3) is 0.538. The zero-order chi connectivity index (χ0) is 14.7. The molecule has 1 aliphatic rings. The lowest BCUT2D eigenvalue weighted by molar-refractivity contribution is -0.384. The van der Waals surface area contributed by atoms with Crippen LogP contribution in [-0.4, -0.2) is 30.7 Å². The Morgan fingerprint density at radius 2 is 2.15 bits per heavy atom. The summed E-state index contributed by atoms with van der Waals surface area (Å²) < 4.78 is 19.9. The van der Waals surface area contributed by atoms with E-state index in [9.17, 15) is 14.5 Å². The largest absolute Gasteiger partial charge is 0.381 e. The van der Waals surface area contributed by atoms with Crippen LogP contribution >= 0.6 is 15.9 Å². The highest BCUT2D eigenvalue weighted by Gasteiger charge is 2.29. The number of hydrogen-bond donors (Lipinski definition) is 0. The van der Waals surface area contributed by atoms with Crippen molar-refractivity contribution in [1.82, 2.24) is 0 Å². The Hall–Kier alpha value is -1.21. The molecule has 5 nitrogen and oxygen atoms in total. The van der Waals surface area contributed by atoms with Gasteiger partial charge in [0.1, 0.15) is 0 Å². The molecule has 1 fully saturated rings. The molecule has 1 aromatic carbocycles. The maximum absolute atomic E-state index is 14.3. The first-order valence-electron chi connectivity index (χ1n) is 6.52. The lowest BCUT2D eigenvalue weighted by Crippen LogP contribution is -2.40. The summed E-state index contributed by atoms with van der Waals surface area (Å²) in [7, 11) is 0. The topological polar surface area (TPSA) is 55.6 Å². The fourth-order valence-electron chi connectivity index (χ4n) is 2.57. The molecule has 0 aliphatic carbocycles. The van der Waals surface area contributed by atoms with Crippen molar-refractivity contribution >= 4 is 27.3 Å². The zero-order valence-corrected chi connectivity index (χ0v) is 12.7. The van der Waals surface area contributed by atoms with Crippen LogP contribution in [0.3, 0.4) is 0 Å². The van der Waals surface area contributed by atoms with Crippen molar-refractivity contribution in [3.05, 3.63) is 32.5 Å². The Kier molecular flexibility index (Phi) is 4.93. The minimum atomic E-state index is -0.570. The quantitative estimate of drug-likeness (QED) is 0.618. The van der Waals surface area contributed by atoms with Gasteiger partial charge < -0.3 is 9.64 Å². The van der Waals surface area contributed by atoms with Gasteiger partial charge in [0.25, 0.3) is 5.69 Å². The highest BCUT2D eigenvalue weighted by atomic mass is 79.9. The molecule has 7 heteroatoms. The van der Waals surface area contributed by atoms with Crippen LogP contribution in [0.2, 0.25) is 0 Å². The maximum atomic E-state index is 14.3. The van der Waals surface area contributed by atoms with Crippen LogP contribution in [-0.2, 0) is 4.74 Å². The average Bonchev–Trinajstić information content (AvgIpc) is 2.42. The number of rotatable bonds is 4. The van der Waals surface area contributed by atoms with Gasteiger partial charge >= 0.3 is 0 Å². The van der Waals surface area contributed by atoms with Crippen LogP contribution in [0, 0.1) is 15.9 Å². The smallest absolute Gasteiger partial charge is 0.296 e. The van der Waals surface area contributed by atoms with Gasteiger partial charge in [0, 0.05) is 36.3 Å². The van der Waals surface area contributed by atoms with E-state index in [1.54, 1.807) is 4.90 Å². The summed E-state index contributed by atoms with van der Waals surface area (Å²) in [4.78, 5) is 12.4. The summed E-state index contributed by atoms with van der Waals surface area (Å²) >= 11 is 3.10. The van der Waals surface area contributed by atoms with Gasteiger partial charge in [0.05, 0.1) is 4.92 Å². The molecule has 0 spiro atoms. The predicted octanol–water partition coefficient (Wildman–Crippen LogP) is 3.50. The second kappa shape index (κ2) is 6.49. The Morgan fingerprint density at radius 1 is 1.50 bits per heavy atom. The molecule has 0 bridgehead atoms. The molecule has 0 saturated carbocycles. The summed E-state index contributed by atoms with van der Waals surface area (Å²) in [6.07, 6.45) is 1.50. The van der Waals surface area contributed by atoms with E-state index in [4.69, 9.17) is 4.74 Å². The predicted molar refractivity (Wildman–Crippen MR) is 77.6 cm³/mol. The van der Waals surface area contributed by atoms with E-state index in [0.29, 0.717) is 24.2 Å². The monoisotopic (exact) mass is 346 g/mol. The van der Waals surface area contributed by atoms with Gasteiger partial charge in [-0.3, -0.25) is 10.1 Å². The first-order chi connectivity index (χ1) is 9.54. The number of benzene rings is 1. The highest BCUT2D eigenvalue weighted by molar-refractivity contribution is 9.10. The molecule has 2 rings (SSSR count). The molecule has 1 aromatic rings. The fourth-order valence-corrected chi connectivity index (χ4v) is 2.99. The van der Waals surface area contributed by atoms with Crippen molar-refractivity contribution in [2.24, 2.45) is 0 Å². The van der Waals surface area contributed by atoms with Gasteiger partial charge in [-0.15, -0.1) is 0 Å². The van der Waals surface area contributed by atoms with E-state index in [1.165, 1.54) is 12.1 Å². The number of hydrogen-bond acceptors (Lipinski definition) is 4. The second-order valence-corrected chi connectivity index (χ2v) is 5.56. The number of nitrogens with zero attached hydrogens (tertiary/aromatic N) is 2. The average molecular weight is 347 g/mol. The van der Waals surface area contributed by atoms with Gasteiger partial charge in [0.2, 0.25) is 0 Å². The molecule has 0 aromatic heterocycles. The Balaban J connectivity index is 2.44. The van der Waals surface area contributed by atoms with Gasteiger partial charge in [-0.1, -0.05) is 15.9 Å². The molecule has 1 saturated heterocycles. The van der Waals surface area contributed by atoms with E-state index in [-0.39, 0.29) is 17.4 Å². The molecule has 1 aliphatic heterocycles. The number of anilines is 1. The van der Waals surface area contributed by atoms with E-state index < -0.39 is 10.7 Å². The van der Waals surface area contributed by atoms with E-state index in [1.807, 2.05) is 6.92 Å². The Bertz CT molecular complexity index is 507. The molecule has 1 heterocycles. The first kappa shape index (κ1) is 15.2. The van der Waals surface area contributed by atoms with Gasteiger partial charge in [-0.25, -0.2) is 4.39 Å². The SMILES string of the molecule is CCN(c1c(F)cc(Br)cc1[N+](=O)[O-])C1CCOCC1. The van der Waals surface area contributed by atoms with Crippen molar-refractivity contribution in [1.29, 1.82) is 0 Å². The number of nitro groups is 1. The maximum Gasteiger partial charge on any atom is 0.296 e. The summed E-state index contributed by atoms with van der Waals surface area (Å²) in [6.45, 7) is 3.60. The number of ether oxygens (including phenoxy) is 1. The Labute approximate surface area is 125 Å². The van der Waals surface area contributed by atoms with Crippen molar-refractivity contribution in [2.45, 2.75) is 25.8 Å². The summed E-state index contributed by atoms with van der Waals surface area (Å²) in [5.41, 5.74) is -0.127. The van der Waals surface area contributed by atoms with Crippen LogP contribution in [0.1, 0.15) is 19.8 Å². The lowest BCUT2D eigenvalue weighted by atomic mass is 10.1. The third kappa shape index (κ3) is 3.09. The Morgan fingerprint density at radius 3 is 2.70 bits per heavy atom. The van der Waals surface area contributed by atoms with Crippen LogP contribution in [0.4, 0.5) is 15.8 Å². The van der Waals surface area contributed by atoms with Crippen LogP contribution < -0.4 is 4.90 Å². The van der Waals surface area contributed by atoms with Crippen LogP contribution in [0.25, 0.3) is 0 Å². The summed E-state index contributed by atoms with van der Waals surface area (Å²) in [5.74, 6) is -0.570. The number of halogens is 2. The standard InChI is InChI=1S/C13H16BrFN2O3/c1-2-16(10-3-5-20-6-4-10)13-11(15)7-9(14)8-12(13)17(18)19/h7-8,10H,2-6H2,1H3. The highest BCUT2D eigenvalue weighted by Crippen LogP contribution is 2.36. The van der Waals surface area contributed by atoms with Gasteiger partial charge in [-0.2, -0.15) is 0 Å². The summed E-state index contributed by atoms with van der Waals surface area (Å²) in [6, 6.07) is 2.69. The first-order valence-corrected chi connectivity index (χ1v) is 7.31. The summed E-state index contributed by atoms with van der Waals surface area (Å²) in [5, 5.41) is 11.2. The minimum Gasteiger partial charge on any atom is -0.381 e. The molecule has 0 amide bonds. The van der Waals surface area contributed by atoms with Crippen LogP contribution in [0.5, 0.6) is 0 Å². The normalized spacial score (nSPS) is 16.1. The van der Waals surface area contributed by atoms with Crippen molar-refractivity contribution in [2.75, 3.05) is 24.7 Å². The van der Waals surface area contributed by atoms with Crippen molar-refractivity contribution < 1.29 is 14.1 Å². The van der Waals surface area contributed by atoms with Gasteiger partial charge in [0.15, 0.2) is 11.5 Å². The molecule has 0 N–H and O–H groups in total. The van der Waals surface area contributed by atoms with Crippen molar-refractivity contribution in [3.63, 3.8) is 0 Å². The van der Waals surface area contributed by atoms with Crippen LogP contribution in [0.15, 0.2) is 16.6 Å². The molecular formula is C13H16BrFN2O3. The molecule has 20 heavy (non-hydrogen) atoms. The molecular weight excluding hydrogens is 331 g/mol. The third-order valence-corrected chi connectivity index (χ3v) is 3.92. The second-order valence-electron chi connectivity index (χ2n) is 4.64. The molecule has 0 unspecified atom stereocenters. The molecule has 110 valence electrons. The molecule has 0 atom stereocenters. The minimum absolute atomic E-state index is 0.0723. The van der Waals surface area contributed by atoms with E-state index >= 15 is 0 Å². The number of nitro benzene ring substituents is 1. The third-order valence-electron chi connectivity index (χ3n) is 3.46.